The molecule has 0 aliphatic carbocycles. The van der Waals surface area contributed by atoms with E-state index in [0.29, 0.717) is 39.6 Å². The SMILES string of the molecule is Nc1ncccc1-c1nc2cc(Br)cnc2n1-c1ccc(CNS(=O)(=O)c2c(F)cccc2F)cc1. The quantitative estimate of drug-likeness (QED) is 0.308. The van der Waals surface area contributed by atoms with E-state index in [-0.39, 0.29) is 6.54 Å². The molecule has 0 aliphatic rings. The van der Waals surface area contributed by atoms with Crippen molar-refractivity contribution in [2.45, 2.75) is 11.4 Å². The highest BCUT2D eigenvalue weighted by Gasteiger charge is 2.23. The number of nitrogens with zero attached hydrogens (tertiary/aromatic N) is 4. The standard InChI is InChI=1S/C24H17BrF2N6O2S/c25-15-11-20-24(30-13-15)33(23(32-20)17-3-2-10-29-22(17)28)16-8-6-14(7-9-16)12-31-36(34,35)21-18(26)4-1-5-19(21)27/h1-11,13,31H,12H2,(H2,28,29). The molecule has 36 heavy (non-hydrogen) atoms. The van der Waals surface area contributed by atoms with Crippen LogP contribution in [0.5, 0.6) is 0 Å². The van der Waals surface area contributed by atoms with Gasteiger partial charge in [0.1, 0.15) is 23.0 Å². The maximum absolute atomic E-state index is 14.0. The summed E-state index contributed by atoms with van der Waals surface area (Å²) in [5.74, 6) is -1.48. The number of hydrogen-bond acceptors (Lipinski definition) is 6. The molecule has 3 heterocycles. The number of sulfonamides is 1. The van der Waals surface area contributed by atoms with E-state index in [2.05, 4.69) is 30.6 Å². The molecule has 0 spiro atoms. The maximum Gasteiger partial charge on any atom is 0.246 e. The molecule has 5 aromatic rings. The Morgan fingerprint density at radius 1 is 1.00 bits per heavy atom. The summed E-state index contributed by atoms with van der Waals surface area (Å²) in [6.45, 7) is -0.172. The Hall–Kier alpha value is -3.74. The Bertz CT molecular complexity index is 1690. The van der Waals surface area contributed by atoms with Gasteiger partial charge in [0, 0.05) is 29.1 Å². The van der Waals surface area contributed by atoms with Gasteiger partial charge in [-0.2, -0.15) is 0 Å². The van der Waals surface area contributed by atoms with E-state index in [1.807, 2.05) is 10.6 Å². The number of aromatic nitrogens is 4. The van der Waals surface area contributed by atoms with Crippen LogP contribution in [-0.4, -0.2) is 27.9 Å². The molecule has 0 atom stereocenters. The Morgan fingerprint density at radius 2 is 1.72 bits per heavy atom. The van der Waals surface area contributed by atoms with E-state index in [1.54, 1.807) is 48.8 Å². The van der Waals surface area contributed by atoms with Crippen molar-refractivity contribution in [1.29, 1.82) is 0 Å². The van der Waals surface area contributed by atoms with Gasteiger partial charge in [0.05, 0.1) is 5.56 Å². The Labute approximate surface area is 213 Å². The summed E-state index contributed by atoms with van der Waals surface area (Å²) in [6.07, 6.45) is 3.24. The summed E-state index contributed by atoms with van der Waals surface area (Å²) in [6, 6.07) is 15.2. The predicted molar refractivity (Wildman–Crippen MR) is 135 cm³/mol. The molecule has 0 unspecified atom stereocenters. The van der Waals surface area contributed by atoms with Gasteiger partial charge in [0.15, 0.2) is 16.4 Å². The van der Waals surface area contributed by atoms with Crippen molar-refractivity contribution >= 4 is 42.9 Å². The van der Waals surface area contributed by atoms with Gasteiger partial charge in [-0.3, -0.25) is 4.57 Å². The highest BCUT2D eigenvalue weighted by atomic mass is 79.9. The first-order chi connectivity index (χ1) is 17.2. The third kappa shape index (κ3) is 4.45. The average molecular weight is 571 g/mol. The van der Waals surface area contributed by atoms with Crippen LogP contribution in [0.25, 0.3) is 28.2 Å². The zero-order valence-corrected chi connectivity index (χ0v) is 20.8. The fourth-order valence-corrected chi connectivity index (χ4v) is 5.19. The van der Waals surface area contributed by atoms with E-state index in [4.69, 9.17) is 10.7 Å². The van der Waals surface area contributed by atoms with Crippen LogP contribution in [0, 0.1) is 11.6 Å². The second-order valence-electron chi connectivity index (χ2n) is 7.75. The number of nitrogen functional groups attached to an aromatic ring is 1. The number of hydrogen-bond donors (Lipinski definition) is 2. The molecule has 0 saturated carbocycles. The summed E-state index contributed by atoms with van der Waals surface area (Å²) in [4.78, 5) is 12.4. The fourth-order valence-electron chi connectivity index (χ4n) is 3.72. The third-order valence-corrected chi connectivity index (χ3v) is 7.28. The highest BCUT2D eigenvalue weighted by Crippen LogP contribution is 2.31. The maximum atomic E-state index is 14.0. The Morgan fingerprint density at radius 3 is 2.42 bits per heavy atom. The third-order valence-electron chi connectivity index (χ3n) is 5.39. The van der Waals surface area contributed by atoms with Crippen LogP contribution in [0.1, 0.15) is 5.56 Å². The summed E-state index contributed by atoms with van der Waals surface area (Å²) in [7, 11) is -4.40. The number of halogens is 3. The fraction of sp³-hybridized carbons (Fsp3) is 0.0417. The van der Waals surface area contributed by atoms with Crippen LogP contribution >= 0.6 is 15.9 Å². The zero-order chi connectivity index (χ0) is 25.4. The Balaban J connectivity index is 1.49. The predicted octanol–water partition coefficient (Wildman–Crippen LogP) is 4.58. The van der Waals surface area contributed by atoms with Crippen molar-refractivity contribution in [3.8, 4) is 17.1 Å². The molecule has 8 nitrogen and oxygen atoms in total. The van der Waals surface area contributed by atoms with Gasteiger partial charge < -0.3 is 5.73 Å². The highest BCUT2D eigenvalue weighted by molar-refractivity contribution is 9.10. The van der Waals surface area contributed by atoms with Crippen LogP contribution in [0.2, 0.25) is 0 Å². The molecule has 0 aliphatic heterocycles. The molecule has 3 aromatic heterocycles. The second kappa shape index (κ2) is 9.37. The van der Waals surface area contributed by atoms with Crippen LogP contribution in [0.3, 0.4) is 0 Å². The lowest BCUT2D eigenvalue weighted by Crippen LogP contribution is -2.25. The second-order valence-corrected chi connectivity index (χ2v) is 10.4. The zero-order valence-electron chi connectivity index (χ0n) is 18.4. The van der Waals surface area contributed by atoms with Gasteiger partial charge in [-0.25, -0.2) is 36.9 Å². The molecule has 182 valence electrons. The molecule has 0 fully saturated rings. The smallest absolute Gasteiger partial charge is 0.246 e. The van der Waals surface area contributed by atoms with Gasteiger partial charge in [-0.05, 0) is 64.0 Å². The minimum absolute atomic E-state index is 0.172. The van der Waals surface area contributed by atoms with Crippen LogP contribution in [0.4, 0.5) is 14.6 Å². The molecule has 5 rings (SSSR count). The van der Waals surface area contributed by atoms with Gasteiger partial charge in [-0.1, -0.05) is 18.2 Å². The first-order valence-corrected chi connectivity index (χ1v) is 12.8. The molecule has 0 saturated heterocycles. The van der Waals surface area contributed by atoms with Crippen LogP contribution in [-0.2, 0) is 16.6 Å². The number of anilines is 1. The molecular formula is C24H17BrF2N6O2S. The minimum Gasteiger partial charge on any atom is -0.383 e. The molecular weight excluding hydrogens is 554 g/mol. The number of nitrogens with one attached hydrogen (secondary N) is 1. The first-order valence-electron chi connectivity index (χ1n) is 10.5. The summed E-state index contributed by atoms with van der Waals surface area (Å²) >= 11 is 3.41. The number of rotatable bonds is 6. The van der Waals surface area contributed by atoms with Crippen LogP contribution in [0.15, 0.2) is 82.4 Å². The lowest BCUT2D eigenvalue weighted by molar-refractivity contribution is 0.514. The summed E-state index contributed by atoms with van der Waals surface area (Å²) in [5.41, 5.74) is 9.21. The number of nitrogens with two attached hydrogens (primary N) is 1. The average Bonchev–Trinajstić information content (AvgIpc) is 3.21. The number of fused-ring (bicyclic) bond motifs is 1. The first kappa shape index (κ1) is 24.0. The van der Waals surface area contributed by atoms with E-state index < -0.39 is 26.6 Å². The van der Waals surface area contributed by atoms with Crippen LogP contribution < -0.4 is 10.5 Å². The van der Waals surface area contributed by atoms with E-state index in [1.165, 1.54) is 0 Å². The van der Waals surface area contributed by atoms with Gasteiger partial charge in [0.2, 0.25) is 10.0 Å². The van der Waals surface area contributed by atoms with Crippen molar-refractivity contribution in [3.05, 3.63) is 94.7 Å². The van der Waals surface area contributed by atoms with E-state index in [0.717, 1.165) is 22.7 Å². The van der Waals surface area contributed by atoms with Crippen molar-refractivity contribution in [1.82, 2.24) is 24.2 Å². The molecule has 0 amide bonds. The number of imidazole rings is 1. The largest absolute Gasteiger partial charge is 0.383 e. The molecule has 0 bridgehead atoms. The molecule has 2 aromatic carbocycles. The summed E-state index contributed by atoms with van der Waals surface area (Å²) in [5, 5.41) is 0. The monoisotopic (exact) mass is 570 g/mol. The lowest BCUT2D eigenvalue weighted by atomic mass is 10.2. The van der Waals surface area contributed by atoms with Gasteiger partial charge >= 0.3 is 0 Å². The van der Waals surface area contributed by atoms with E-state index in [9.17, 15) is 17.2 Å². The van der Waals surface area contributed by atoms with Crippen molar-refractivity contribution in [3.63, 3.8) is 0 Å². The molecule has 12 heteroatoms. The van der Waals surface area contributed by atoms with Gasteiger partial charge in [0.25, 0.3) is 0 Å². The van der Waals surface area contributed by atoms with Crippen molar-refractivity contribution in [2.75, 3.05) is 5.73 Å². The summed E-state index contributed by atoms with van der Waals surface area (Å²) < 4.78 is 57.7. The van der Waals surface area contributed by atoms with Crippen molar-refractivity contribution < 1.29 is 17.2 Å². The number of pyridine rings is 2. The lowest BCUT2D eigenvalue weighted by Gasteiger charge is -2.12. The molecule has 3 N–H and O–H groups in total. The number of benzene rings is 2. The van der Waals surface area contributed by atoms with E-state index >= 15 is 0 Å². The Kier molecular flexibility index (Phi) is 6.24. The normalized spacial score (nSPS) is 11.8. The minimum atomic E-state index is -4.40. The topological polar surface area (TPSA) is 116 Å². The molecule has 0 radical (unpaired) electrons. The van der Waals surface area contributed by atoms with Crippen molar-refractivity contribution in [2.24, 2.45) is 0 Å². The van der Waals surface area contributed by atoms with Gasteiger partial charge in [-0.15, -0.1) is 0 Å².